The first-order chi connectivity index (χ1) is 13.5. The molecule has 0 spiro atoms. The number of aromatic amines is 1. The first-order valence-corrected chi connectivity index (χ1v) is 10.1. The molecule has 1 saturated heterocycles. The number of fused-ring (bicyclic) bond motifs is 1. The number of nitrogens with zero attached hydrogens (tertiary/aromatic N) is 4. The van der Waals surface area contributed by atoms with E-state index in [0.29, 0.717) is 42.5 Å². The number of hydrogen-bond acceptors (Lipinski definition) is 5. The maximum Gasteiger partial charge on any atom is 0.255 e. The monoisotopic (exact) mass is 405 g/mol. The molecule has 150 valence electrons. The summed E-state index contributed by atoms with van der Waals surface area (Å²) in [5.74, 6) is 0.422. The predicted octanol–water partition coefficient (Wildman–Crippen LogP) is 1.92. The van der Waals surface area contributed by atoms with Gasteiger partial charge in [0.2, 0.25) is 5.95 Å². The van der Waals surface area contributed by atoms with Crippen molar-refractivity contribution in [2.75, 3.05) is 51.2 Å². The fraction of sp³-hybridized carbons (Fsp3) is 0.500. The molecular weight excluding hydrogens is 381 g/mol. The number of piperazine rings is 1. The van der Waals surface area contributed by atoms with Crippen molar-refractivity contribution in [3.63, 3.8) is 0 Å². The summed E-state index contributed by atoms with van der Waals surface area (Å²) >= 11 is 6.01. The number of H-pyrrole nitrogens is 1. The molecule has 0 amide bonds. The molecule has 0 unspecified atom stereocenters. The van der Waals surface area contributed by atoms with Gasteiger partial charge in [-0.2, -0.15) is 0 Å². The average molecular weight is 406 g/mol. The lowest BCUT2D eigenvalue weighted by atomic mass is 10.1. The lowest BCUT2D eigenvalue weighted by molar-refractivity contribution is 0.274. The molecule has 2 aliphatic heterocycles. The average Bonchev–Trinajstić information content (AvgIpc) is 2.88. The van der Waals surface area contributed by atoms with Crippen molar-refractivity contribution in [1.29, 1.82) is 0 Å². The second-order valence-corrected chi connectivity index (χ2v) is 8.05. The molecule has 0 atom stereocenters. The van der Waals surface area contributed by atoms with Crippen LogP contribution >= 0.6 is 11.6 Å². The van der Waals surface area contributed by atoms with Crippen LogP contribution in [0.3, 0.4) is 0 Å². The van der Waals surface area contributed by atoms with E-state index >= 15 is 0 Å². The maximum atomic E-state index is 14.1. The molecule has 0 saturated carbocycles. The highest BCUT2D eigenvalue weighted by Gasteiger charge is 2.22. The van der Waals surface area contributed by atoms with Crippen LogP contribution in [0, 0.1) is 5.82 Å². The third-order valence-electron chi connectivity index (χ3n) is 5.64. The molecule has 2 aromatic rings. The van der Waals surface area contributed by atoms with Crippen LogP contribution < -0.4 is 10.5 Å². The van der Waals surface area contributed by atoms with Crippen LogP contribution in [-0.2, 0) is 19.4 Å². The van der Waals surface area contributed by atoms with Gasteiger partial charge in [0.15, 0.2) is 0 Å². The van der Waals surface area contributed by atoms with Crippen LogP contribution in [0.1, 0.15) is 16.8 Å². The Labute approximate surface area is 168 Å². The van der Waals surface area contributed by atoms with E-state index in [2.05, 4.69) is 26.7 Å². The van der Waals surface area contributed by atoms with E-state index in [9.17, 15) is 9.18 Å². The van der Waals surface area contributed by atoms with E-state index in [1.54, 1.807) is 12.1 Å². The molecule has 28 heavy (non-hydrogen) atoms. The highest BCUT2D eigenvalue weighted by molar-refractivity contribution is 6.30. The van der Waals surface area contributed by atoms with E-state index in [0.717, 1.165) is 44.0 Å². The third-order valence-corrected chi connectivity index (χ3v) is 5.87. The van der Waals surface area contributed by atoms with Crippen molar-refractivity contribution in [2.45, 2.75) is 19.4 Å². The number of hydrogen-bond donors (Lipinski definition) is 1. The first-order valence-electron chi connectivity index (χ1n) is 9.71. The Balaban J connectivity index is 1.50. The number of nitrogens with one attached hydrogen (secondary N) is 1. The SMILES string of the molecule is CN1CCN(c2nc3c(c(=O)[nH]2)CCN(Cc2cc(Cl)ccc2F)CC3)CC1. The summed E-state index contributed by atoms with van der Waals surface area (Å²) < 4.78 is 14.1. The number of aromatic nitrogens is 2. The molecule has 0 radical (unpaired) electrons. The Morgan fingerprint density at radius 1 is 1.14 bits per heavy atom. The number of benzene rings is 1. The molecule has 1 N–H and O–H groups in total. The van der Waals surface area contributed by atoms with E-state index in [1.165, 1.54) is 6.07 Å². The van der Waals surface area contributed by atoms with Crippen LogP contribution in [0.5, 0.6) is 0 Å². The minimum absolute atomic E-state index is 0.0466. The number of rotatable bonds is 3. The highest BCUT2D eigenvalue weighted by Crippen LogP contribution is 2.20. The molecule has 3 heterocycles. The van der Waals surface area contributed by atoms with Crippen LogP contribution in [-0.4, -0.2) is 66.1 Å². The normalized spacial score (nSPS) is 18.8. The first kappa shape index (κ1) is 19.4. The van der Waals surface area contributed by atoms with Crippen LogP contribution in [0.2, 0.25) is 5.02 Å². The highest BCUT2D eigenvalue weighted by atomic mass is 35.5. The molecule has 0 bridgehead atoms. The van der Waals surface area contributed by atoms with Gasteiger partial charge in [-0.05, 0) is 31.7 Å². The summed E-state index contributed by atoms with van der Waals surface area (Å²) in [4.78, 5) is 27.0. The summed E-state index contributed by atoms with van der Waals surface area (Å²) in [6, 6.07) is 4.63. The van der Waals surface area contributed by atoms with Crippen molar-refractivity contribution in [3.8, 4) is 0 Å². The quantitative estimate of drug-likeness (QED) is 0.845. The lowest BCUT2D eigenvalue weighted by Gasteiger charge is -2.32. The van der Waals surface area contributed by atoms with Gasteiger partial charge in [-0.25, -0.2) is 9.37 Å². The van der Waals surface area contributed by atoms with Crippen molar-refractivity contribution < 1.29 is 4.39 Å². The standard InChI is InChI=1S/C20H25ClFN5O/c1-25-8-10-27(11-9-25)20-23-18-5-7-26(6-4-16(18)19(28)24-20)13-14-12-15(21)2-3-17(14)22/h2-3,12H,4-11,13H2,1H3,(H,23,24,28). The largest absolute Gasteiger partial charge is 0.340 e. The van der Waals surface area contributed by atoms with E-state index in [-0.39, 0.29) is 11.4 Å². The fourth-order valence-corrected chi connectivity index (χ4v) is 4.07. The molecule has 1 aromatic carbocycles. The van der Waals surface area contributed by atoms with Crippen molar-refractivity contribution in [1.82, 2.24) is 19.8 Å². The van der Waals surface area contributed by atoms with E-state index < -0.39 is 0 Å². The summed E-state index contributed by atoms with van der Waals surface area (Å²) in [5.41, 5.74) is 2.16. The third kappa shape index (κ3) is 4.21. The lowest BCUT2D eigenvalue weighted by Crippen LogP contribution is -2.45. The van der Waals surface area contributed by atoms with Gasteiger partial charge in [0.05, 0.1) is 5.69 Å². The van der Waals surface area contributed by atoms with Gasteiger partial charge in [-0.1, -0.05) is 11.6 Å². The molecule has 6 nitrogen and oxygen atoms in total. The van der Waals surface area contributed by atoms with Crippen molar-refractivity contribution in [2.24, 2.45) is 0 Å². The maximum absolute atomic E-state index is 14.1. The number of likely N-dealkylation sites (N-methyl/N-ethyl adjacent to an activating group) is 1. The van der Waals surface area contributed by atoms with Crippen molar-refractivity contribution >= 4 is 17.5 Å². The van der Waals surface area contributed by atoms with Crippen LogP contribution in [0.25, 0.3) is 0 Å². The second kappa shape index (κ2) is 8.19. The van der Waals surface area contributed by atoms with Crippen LogP contribution in [0.4, 0.5) is 10.3 Å². The smallest absolute Gasteiger partial charge is 0.255 e. The summed E-state index contributed by atoms with van der Waals surface area (Å²) in [6.45, 7) is 5.54. The summed E-state index contributed by atoms with van der Waals surface area (Å²) in [5, 5.41) is 0.532. The number of anilines is 1. The van der Waals surface area contributed by atoms with Gasteiger partial charge in [-0.3, -0.25) is 14.7 Å². The molecule has 4 rings (SSSR count). The topological polar surface area (TPSA) is 55.5 Å². The Hall–Kier alpha value is -1.96. The Bertz CT molecular complexity index is 910. The van der Waals surface area contributed by atoms with Gasteiger partial charge in [-0.15, -0.1) is 0 Å². The summed E-state index contributed by atoms with van der Waals surface area (Å²) in [7, 11) is 2.10. The fourth-order valence-electron chi connectivity index (χ4n) is 3.87. The zero-order valence-corrected chi connectivity index (χ0v) is 16.8. The Kier molecular flexibility index (Phi) is 5.66. The van der Waals surface area contributed by atoms with Crippen molar-refractivity contribution in [3.05, 3.63) is 56.2 Å². The molecule has 1 fully saturated rings. The molecule has 8 heteroatoms. The van der Waals surface area contributed by atoms with Gasteiger partial charge < -0.3 is 9.80 Å². The minimum atomic E-state index is -0.250. The second-order valence-electron chi connectivity index (χ2n) is 7.62. The van der Waals surface area contributed by atoms with E-state index in [4.69, 9.17) is 16.6 Å². The molecule has 2 aliphatic rings. The van der Waals surface area contributed by atoms with E-state index in [1.807, 2.05) is 0 Å². The zero-order chi connectivity index (χ0) is 19.7. The molecule has 1 aromatic heterocycles. The Morgan fingerprint density at radius 3 is 2.68 bits per heavy atom. The van der Waals surface area contributed by atoms with Gasteiger partial charge in [0.25, 0.3) is 5.56 Å². The van der Waals surface area contributed by atoms with Gasteiger partial charge in [0.1, 0.15) is 5.82 Å². The predicted molar refractivity (Wildman–Crippen MR) is 109 cm³/mol. The Morgan fingerprint density at radius 2 is 1.89 bits per heavy atom. The molecular formula is C20H25ClFN5O. The minimum Gasteiger partial charge on any atom is -0.340 e. The van der Waals surface area contributed by atoms with Gasteiger partial charge in [0, 0.05) is 68.4 Å². The zero-order valence-electron chi connectivity index (χ0n) is 16.0. The summed E-state index contributed by atoms with van der Waals surface area (Å²) in [6.07, 6.45) is 1.30. The molecule has 0 aliphatic carbocycles. The van der Waals surface area contributed by atoms with Gasteiger partial charge >= 0.3 is 0 Å². The number of halogens is 2. The van der Waals surface area contributed by atoms with Crippen LogP contribution in [0.15, 0.2) is 23.0 Å².